The molecule has 2 aromatic rings. The van der Waals surface area contributed by atoms with Crippen molar-refractivity contribution in [2.24, 2.45) is 0 Å². The van der Waals surface area contributed by atoms with Gasteiger partial charge in [0.15, 0.2) is 0 Å². The van der Waals surface area contributed by atoms with Gasteiger partial charge in [0, 0.05) is 0 Å². The van der Waals surface area contributed by atoms with Gasteiger partial charge in [-0.3, -0.25) is 0 Å². The van der Waals surface area contributed by atoms with E-state index in [0.29, 0.717) is 0 Å². The van der Waals surface area contributed by atoms with Crippen LogP contribution < -0.4 is 10.2 Å². The van der Waals surface area contributed by atoms with E-state index in [1.54, 1.807) is 24.3 Å². The quantitative estimate of drug-likeness (QED) is 0.604. The molecule has 0 saturated heterocycles. The second kappa shape index (κ2) is 10.5. The molecule has 2 rings (SSSR count). The van der Waals surface area contributed by atoms with Crippen LogP contribution in [0.1, 0.15) is 73.4 Å². The maximum absolute atomic E-state index is 10.5. The normalized spacial score (nSPS) is 10.9. The Kier molecular flexibility index (Phi) is 10.1. The van der Waals surface area contributed by atoms with Gasteiger partial charge >= 0.3 is 48.9 Å². The Hall–Kier alpha value is -1.05. The van der Waals surface area contributed by atoms with Crippen molar-refractivity contribution in [3.63, 3.8) is 0 Å². The number of benzene rings is 2. The molecule has 0 atom stereocenters. The summed E-state index contributed by atoms with van der Waals surface area (Å²) in [6, 6.07) is 13.6. The maximum atomic E-state index is 10.5. The minimum atomic E-state index is -1.12. The molecule has 0 aromatic heterocycles. The molecule has 0 spiro atoms. The number of hydrogen-bond donors (Lipinski definition) is 0. The van der Waals surface area contributed by atoms with E-state index in [0.717, 1.165) is 11.1 Å². The number of carbonyl (C=O) groups is 2. The average Bonchev–Trinajstić information content (AvgIpc) is 2.54. The molecular weight excluding hydrogens is 466 g/mol. The Morgan fingerprint density at radius 3 is 0.963 bits per heavy atom. The first-order chi connectivity index (χ1) is 11.8. The summed E-state index contributed by atoms with van der Waals surface area (Å²) in [7, 11) is 0. The molecule has 0 heterocycles. The molecule has 0 bridgehead atoms. The molecule has 0 aliphatic heterocycles. The van der Waals surface area contributed by atoms with E-state index in [2.05, 4.69) is 41.5 Å². The van der Waals surface area contributed by atoms with Crippen molar-refractivity contribution in [1.29, 1.82) is 0 Å². The summed E-state index contributed by atoms with van der Waals surface area (Å²) in [5.41, 5.74) is 2.82. The zero-order valence-electron chi connectivity index (χ0n) is 17.0. The van der Waals surface area contributed by atoms with E-state index in [9.17, 15) is 19.8 Å². The second-order valence-electron chi connectivity index (χ2n) is 8.23. The van der Waals surface area contributed by atoms with Gasteiger partial charge in [0.05, 0.1) is 11.9 Å². The van der Waals surface area contributed by atoms with Crippen molar-refractivity contribution in [2.45, 2.75) is 52.4 Å². The Morgan fingerprint density at radius 2 is 0.815 bits per heavy atom. The molecule has 0 saturated carbocycles. The molecule has 27 heavy (non-hydrogen) atoms. The van der Waals surface area contributed by atoms with Crippen molar-refractivity contribution in [3.05, 3.63) is 70.8 Å². The minimum Gasteiger partial charge on any atom is -0.545 e. The fraction of sp³-hybridized carbons (Fsp3) is 0.364. The van der Waals surface area contributed by atoms with E-state index >= 15 is 0 Å². The molecule has 0 aliphatic rings. The van der Waals surface area contributed by atoms with Gasteiger partial charge in [-0.25, -0.2) is 0 Å². The molecule has 0 radical (unpaired) electrons. The molecule has 140 valence electrons. The fourth-order valence-electron chi connectivity index (χ4n) is 2.21. The topological polar surface area (TPSA) is 80.3 Å². The molecule has 0 unspecified atom stereocenters. The number of carboxylic acids is 2. The van der Waals surface area contributed by atoms with Crippen LogP contribution in [0.4, 0.5) is 0 Å². The van der Waals surface area contributed by atoms with Crippen LogP contribution >= 0.6 is 0 Å². The number of carbonyl (C=O) groups excluding carboxylic acids is 2. The molecule has 0 N–H and O–H groups in total. The molecule has 4 nitrogen and oxygen atoms in total. The number of hydrogen-bond acceptors (Lipinski definition) is 4. The van der Waals surface area contributed by atoms with Gasteiger partial charge in [0.25, 0.3) is 0 Å². The number of aromatic carboxylic acids is 2. The Labute approximate surface area is 202 Å². The van der Waals surface area contributed by atoms with Crippen LogP contribution in [0.5, 0.6) is 0 Å². The standard InChI is InChI=1S/2C11H14O2.Ba/c2*1-11(2,3)9-6-4-8(5-7-9)10(12)13;/h2*4-7H,1-3H3,(H,12,13);/q;;+2/p-2. The summed E-state index contributed by atoms with van der Waals surface area (Å²) in [4.78, 5) is 20.9. The Balaban J connectivity index is 0.000000483. The van der Waals surface area contributed by atoms with Gasteiger partial charge in [-0.1, -0.05) is 90.1 Å². The summed E-state index contributed by atoms with van der Waals surface area (Å²) in [6.45, 7) is 12.5. The SMILES string of the molecule is CC(C)(C)c1ccc(C(=O)[O-])cc1.CC(C)(C)c1ccc(C(=O)[O-])cc1.[Ba+2]. The first-order valence-electron chi connectivity index (χ1n) is 8.46. The van der Waals surface area contributed by atoms with Gasteiger partial charge in [0.1, 0.15) is 0 Å². The van der Waals surface area contributed by atoms with Crippen LogP contribution in [-0.4, -0.2) is 60.8 Å². The third-order valence-corrected chi connectivity index (χ3v) is 3.97. The minimum absolute atomic E-state index is 0. The predicted molar refractivity (Wildman–Crippen MR) is 105 cm³/mol. The smallest absolute Gasteiger partial charge is 0.545 e. The summed E-state index contributed by atoms with van der Waals surface area (Å²) in [5, 5.41) is 20.9. The van der Waals surface area contributed by atoms with E-state index in [4.69, 9.17) is 0 Å². The van der Waals surface area contributed by atoms with Crippen LogP contribution in [0.2, 0.25) is 0 Å². The van der Waals surface area contributed by atoms with Crippen molar-refractivity contribution < 1.29 is 19.8 Å². The molecule has 0 aliphatic carbocycles. The van der Waals surface area contributed by atoms with Crippen LogP contribution in [0.15, 0.2) is 48.5 Å². The van der Waals surface area contributed by atoms with E-state index < -0.39 is 11.9 Å². The largest absolute Gasteiger partial charge is 2.00 e. The zero-order valence-corrected chi connectivity index (χ0v) is 21.4. The summed E-state index contributed by atoms with van der Waals surface area (Å²) < 4.78 is 0. The number of rotatable bonds is 2. The van der Waals surface area contributed by atoms with E-state index in [1.807, 2.05) is 24.3 Å². The molecule has 0 amide bonds. The number of carboxylic acid groups (broad SMARTS) is 2. The molecule has 5 heteroatoms. The molecule has 0 fully saturated rings. The molecular formula is C22H26BaO4. The summed E-state index contributed by atoms with van der Waals surface area (Å²) >= 11 is 0. The van der Waals surface area contributed by atoms with Crippen molar-refractivity contribution >= 4 is 60.8 Å². The third kappa shape index (κ3) is 8.66. The van der Waals surface area contributed by atoms with Gasteiger partial charge in [0.2, 0.25) is 0 Å². The first kappa shape index (κ1) is 26.0. The summed E-state index contributed by atoms with van der Waals surface area (Å²) in [5.74, 6) is -2.25. The Morgan fingerprint density at radius 1 is 0.593 bits per heavy atom. The van der Waals surface area contributed by atoms with Crippen LogP contribution in [-0.2, 0) is 10.8 Å². The van der Waals surface area contributed by atoms with Gasteiger partial charge in [-0.15, -0.1) is 0 Å². The van der Waals surface area contributed by atoms with Gasteiger partial charge in [-0.2, -0.15) is 0 Å². The van der Waals surface area contributed by atoms with Crippen molar-refractivity contribution in [1.82, 2.24) is 0 Å². The van der Waals surface area contributed by atoms with Crippen LogP contribution in [0.25, 0.3) is 0 Å². The first-order valence-corrected chi connectivity index (χ1v) is 8.46. The predicted octanol–water partition coefficient (Wildman–Crippen LogP) is 2.31. The van der Waals surface area contributed by atoms with Gasteiger partial charge in [-0.05, 0) is 33.1 Å². The van der Waals surface area contributed by atoms with Crippen LogP contribution in [0, 0.1) is 0 Å². The maximum Gasteiger partial charge on any atom is 2.00 e. The monoisotopic (exact) mass is 492 g/mol. The van der Waals surface area contributed by atoms with E-state index in [1.165, 1.54) is 0 Å². The van der Waals surface area contributed by atoms with Crippen molar-refractivity contribution in [3.8, 4) is 0 Å². The average molecular weight is 492 g/mol. The third-order valence-electron chi connectivity index (χ3n) is 3.97. The molecule has 2 aromatic carbocycles. The van der Waals surface area contributed by atoms with Crippen LogP contribution in [0.3, 0.4) is 0 Å². The second-order valence-corrected chi connectivity index (χ2v) is 8.23. The summed E-state index contributed by atoms with van der Waals surface area (Å²) in [6.07, 6.45) is 0. The van der Waals surface area contributed by atoms with Gasteiger partial charge < -0.3 is 19.8 Å². The Bertz CT molecular complexity index is 681. The zero-order chi connectivity index (χ0) is 20.1. The van der Waals surface area contributed by atoms with E-state index in [-0.39, 0.29) is 70.8 Å². The fourth-order valence-corrected chi connectivity index (χ4v) is 2.21. The van der Waals surface area contributed by atoms with Crippen molar-refractivity contribution in [2.75, 3.05) is 0 Å².